The molecule has 106 valence electrons. The molecule has 0 aliphatic carbocycles. The van der Waals surface area contributed by atoms with Gasteiger partial charge in [-0.1, -0.05) is 35.9 Å². The van der Waals surface area contributed by atoms with Gasteiger partial charge in [0, 0.05) is 22.5 Å². The lowest BCUT2D eigenvalue weighted by molar-refractivity contribution is 0.241. The summed E-state index contributed by atoms with van der Waals surface area (Å²) in [4.78, 5) is 4.22. The highest BCUT2D eigenvalue weighted by Gasteiger charge is 2.11. The molecule has 0 saturated heterocycles. The van der Waals surface area contributed by atoms with Crippen LogP contribution < -0.4 is 4.74 Å². The van der Waals surface area contributed by atoms with Gasteiger partial charge in [-0.2, -0.15) is 0 Å². The van der Waals surface area contributed by atoms with Gasteiger partial charge in [0.15, 0.2) is 5.15 Å². The van der Waals surface area contributed by atoms with Crippen molar-refractivity contribution < 1.29 is 4.74 Å². The summed E-state index contributed by atoms with van der Waals surface area (Å²) in [5, 5.41) is 10.5. The second-order valence-electron chi connectivity index (χ2n) is 4.96. The highest BCUT2D eigenvalue weighted by molar-refractivity contribution is 6.34. The van der Waals surface area contributed by atoms with E-state index in [2.05, 4.69) is 15.2 Å². The Morgan fingerprint density at radius 1 is 1.05 bits per heavy atom. The maximum atomic E-state index is 6.10. The second kappa shape index (κ2) is 5.66. The van der Waals surface area contributed by atoms with E-state index in [1.165, 1.54) is 0 Å². The average Bonchev–Trinajstić information content (AvgIpc) is 2.47. The summed E-state index contributed by atoms with van der Waals surface area (Å²) in [5.74, 6) is 0.711. The molecule has 0 N–H and O–H groups in total. The van der Waals surface area contributed by atoms with Crippen molar-refractivity contribution in [3.63, 3.8) is 0 Å². The maximum absolute atomic E-state index is 6.10. The van der Waals surface area contributed by atoms with Crippen molar-refractivity contribution in [2.24, 2.45) is 0 Å². The van der Waals surface area contributed by atoms with Gasteiger partial charge in [-0.15, -0.1) is 10.2 Å². The molecule has 0 amide bonds. The van der Waals surface area contributed by atoms with Gasteiger partial charge in [-0.25, -0.2) is 0 Å². The van der Waals surface area contributed by atoms with Crippen LogP contribution in [-0.4, -0.2) is 21.3 Å². The lowest BCUT2D eigenvalue weighted by Crippen LogP contribution is -2.05. The summed E-state index contributed by atoms with van der Waals surface area (Å²) in [6.07, 6.45) is 3.53. The number of hydrogen-bond acceptors (Lipinski definition) is 4. The Morgan fingerprint density at radius 2 is 1.81 bits per heavy atom. The predicted molar refractivity (Wildman–Crippen MR) is 83.5 cm³/mol. The molecule has 0 aliphatic rings. The van der Waals surface area contributed by atoms with Crippen LogP contribution in [0.25, 0.3) is 22.0 Å². The van der Waals surface area contributed by atoms with Gasteiger partial charge < -0.3 is 4.74 Å². The number of aromatic nitrogens is 3. The Kier molecular flexibility index (Phi) is 3.71. The van der Waals surface area contributed by atoms with E-state index in [9.17, 15) is 0 Å². The molecular formula is C16H14ClN3O. The van der Waals surface area contributed by atoms with Gasteiger partial charge in [0.25, 0.3) is 0 Å². The SMILES string of the molecule is CC(C)Oc1cncc(-c2nnc(Cl)c3ccccc23)c1. The predicted octanol–water partition coefficient (Wildman–Crippen LogP) is 4.13. The fraction of sp³-hybridized carbons (Fsp3) is 0.188. The minimum atomic E-state index is 0.0927. The molecular weight excluding hydrogens is 286 g/mol. The number of ether oxygens (including phenoxy) is 1. The Bertz CT molecular complexity index is 789. The van der Waals surface area contributed by atoms with E-state index in [1.54, 1.807) is 12.4 Å². The van der Waals surface area contributed by atoms with E-state index >= 15 is 0 Å². The Balaban J connectivity index is 2.15. The highest BCUT2D eigenvalue weighted by atomic mass is 35.5. The molecule has 0 fully saturated rings. The van der Waals surface area contributed by atoms with Gasteiger partial charge in [-0.3, -0.25) is 4.98 Å². The molecule has 3 rings (SSSR count). The molecule has 2 heterocycles. The van der Waals surface area contributed by atoms with Crippen LogP contribution >= 0.6 is 11.6 Å². The van der Waals surface area contributed by atoms with Crippen molar-refractivity contribution in [1.82, 2.24) is 15.2 Å². The minimum absolute atomic E-state index is 0.0927. The van der Waals surface area contributed by atoms with Crippen LogP contribution in [0.1, 0.15) is 13.8 Å². The molecule has 0 atom stereocenters. The summed E-state index contributed by atoms with van der Waals surface area (Å²) in [6.45, 7) is 3.95. The fourth-order valence-corrected chi connectivity index (χ4v) is 2.37. The van der Waals surface area contributed by atoms with Crippen LogP contribution in [-0.2, 0) is 0 Å². The van der Waals surface area contributed by atoms with Crippen molar-refractivity contribution in [3.05, 3.63) is 47.9 Å². The first kappa shape index (κ1) is 13.8. The van der Waals surface area contributed by atoms with Gasteiger partial charge >= 0.3 is 0 Å². The van der Waals surface area contributed by atoms with E-state index < -0.39 is 0 Å². The van der Waals surface area contributed by atoms with Gasteiger partial charge in [0.2, 0.25) is 0 Å². The van der Waals surface area contributed by atoms with Crippen LogP contribution in [0.5, 0.6) is 5.75 Å². The summed E-state index contributed by atoms with van der Waals surface area (Å²) in [7, 11) is 0. The van der Waals surface area contributed by atoms with Gasteiger partial charge in [-0.05, 0) is 19.9 Å². The Hall–Kier alpha value is -2.20. The minimum Gasteiger partial charge on any atom is -0.489 e. The quantitative estimate of drug-likeness (QED) is 0.729. The second-order valence-corrected chi connectivity index (χ2v) is 5.32. The first-order chi connectivity index (χ1) is 10.1. The third-order valence-corrected chi connectivity index (χ3v) is 3.28. The van der Waals surface area contributed by atoms with Crippen LogP contribution in [0.4, 0.5) is 0 Å². The van der Waals surface area contributed by atoms with Crippen molar-refractivity contribution >= 4 is 22.4 Å². The summed E-state index contributed by atoms with van der Waals surface area (Å²) >= 11 is 6.10. The first-order valence-corrected chi connectivity index (χ1v) is 7.06. The molecule has 0 aliphatic heterocycles. The molecule has 1 aromatic carbocycles. The molecule has 21 heavy (non-hydrogen) atoms. The van der Waals surface area contributed by atoms with E-state index in [4.69, 9.17) is 16.3 Å². The summed E-state index contributed by atoms with van der Waals surface area (Å²) in [6, 6.07) is 9.69. The topological polar surface area (TPSA) is 47.9 Å². The van der Waals surface area contributed by atoms with E-state index in [1.807, 2.05) is 44.2 Å². The van der Waals surface area contributed by atoms with E-state index in [0.717, 1.165) is 22.0 Å². The zero-order chi connectivity index (χ0) is 14.8. The van der Waals surface area contributed by atoms with Crippen molar-refractivity contribution in [2.75, 3.05) is 0 Å². The molecule has 0 saturated carbocycles. The number of pyridine rings is 1. The van der Waals surface area contributed by atoms with E-state index in [-0.39, 0.29) is 6.10 Å². The molecule has 0 spiro atoms. The van der Waals surface area contributed by atoms with Crippen LogP contribution in [0.2, 0.25) is 5.15 Å². The van der Waals surface area contributed by atoms with Crippen molar-refractivity contribution in [1.29, 1.82) is 0 Å². The number of nitrogens with zero attached hydrogens (tertiary/aromatic N) is 3. The summed E-state index contributed by atoms with van der Waals surface area (Å²) in [5.41, 5.74) is 1.60. The normalized spacial score (nSPS) is 11.0. The number of benzene rings is 1. The van der Waals surface area contributed by atoms with Crippen molar-refractivity contribution in [2.45, 2.75) is 20.0 Å². The third kappa shape index (κ3) is 2.81. The number of fused-ring (bicyclic) bond motifs is 1. The fourth-order valence-electron chi connectivity index (χ4n) is 2.17. The molecule has 0 unspecified atom stereocenters. The third-order valence-electron chi connectivity index (χ3n) is 3.00. The molecule has 3 aromatic rings. The number of halogens is 1. The standard InChI is InChI=1S/C16H14ClN3O/c1-10(2)21-12-7-11(8-18-9-12)15-13-5-3-4-6-14(13)16(17)20-19-15/h3-10H,1-2H3. The molecule has 2 aromatic heterocycles. The van der Waals surface area contributed by atoms with Gasteiger partial charge in [0.05, 0.1) is 12.3 Å². The Morgan fingerprint density at radius 3 is 2.57 bits per heavy atom. The maximum Gasteiger partial charge on any atom is 0.159 e. The van der Waals surface area contributed by atoms with Crippen LogP contribution in [0, 0.1) is 0 Å². The van der Waals surface area contributed by atoms with Crippen molar-refractivity contribution in [3.8, 4) is 17.0 Å². The Labute approximate surface area is 127 Å². The monoisotopic (exact) mass is 299 g/mol. The molecule has 0 bridgehead atoms. The zero-order valence-corrected chi connectivity index (χ0v) is 12.5. The molecule has 0 radical (unpaired) electrons. The van der Waals surface area contributed by atoms with E-state index in [0.29, 0.717) is 10.9 Å². The van der Waals surface area contributed by atoms with Gasteiger partial charge in [0.1, 0.15) is 11.4 Å². The molecule has 4 nitrogen and oxygen atoms in total. The lowest BCUT2D eigenvalue weighted by atomic mass is 10.1. The zero-order valence-electron chi connectivity index (χ0n) is 11.7. The largest absolute Gasteiger partial charge is 0.489 e. The summed E-state index contributed by atoms with van der Waals surface area (Å²) < 4.78 is 5.68. The highest BCUT2D eigenvalue weighted by Crippen LogP contribution is 2.30. The first-order valence-electron chi connectivity index (χ1n) is 6.68. The van der Waals surface area contributed by atoms with Crippen LogP contribution in [0.15, 0.2) is 42.7 Å². The number of rotatable bonds is 3. The smallest absolute Gasteiger partial charge is 0.159 e. The average molecular weight is 300 g/mol. The molecule has 5 heteroatoms. The lowest BCUT2D eigenvalue weighted by Gasteiger charge is -2.11. The number of hydrogen-bond donors (Lipinski definition) is 0. The van der Waals surface area contributed by atoms with Crippen LogP contribution in [0.3, 0.4) is 0 Å².